The summed E-state index contributed by atoms with van der Waals surface area (Å²) < 4.78 is 5.56. The van der Waals surface area contributed by atoms with Gasteiger partial charge in [0.25, 0.3) is 0 Å². The first kappa shape index (κ1) is 15.9. The van der Waals surface area contributed by atoms with E-state index in [1.807, 2.05) is 30.3 Å². The molecule has 24 heavy (non-hydrogen) atoms. The molecule has 1 amide bonds. The highest BCUT2D eigenvalue weighted by atomic mass is 16.4. The molecule has 0 unspecified atom stereocenters. The first-order chi connectivity index (χ1) is 11.8. The lowest BCUT2D eigenvalue weighted by molar-refractivity contribution is -0.121. The van der Waals surface area contributed by atoms with Gasteiger partial charge in [0.05, 0.1) is 0 Å². The average Bonchev–Trinajstić information content (AvgIpc) is 3.11. The Bertz CT molecular complexity index is 772. The van der Waals surface area contributed by atoms with Crippen LogP contribution in [0.25, 0.3) is 11.5 Å². The molecule has 0 aliphatic heterocycles. The van der Waals surface area contributed by atoms with Crippen molar-refractivity contribution in [2.45, 2.75) is 19.3 Å². The molecular formula is C18H18N4O2. The number of carbonyl (C=O) groups is 1. The second kappa shape index (κ2) is 8.01. The monoisotopic (exact) mass is 322 g/mol. The number of pyridine rings is 1. The van der Waals surface area contributed by atoms with E-state index in [2.05, 4.69) is 20.5 Å². The summed E-state index contributed by atoms with van der Waals surface area (Å²) in [6, 6.07) is 13.7. The van der Waals surface area contributed by atoms with E-state index in [0.29, 0.717) is 31.2 Å². The topological polar surface area (TPSA) is 80.9 Å². The van der Waals surface area contributed by atoms with Crippen LogP contribution in [0.2, 0.25) is 0 Å². The van der Waals surface area contributed by atoms with Gasteiger partial charge in [-0.05, 0) is 24.1 Å². The Labute approximate surface area is 140 Å². The van der Waals surface area contributed by atoms with Gasteiger partial charge >= 0.3 is 0 Å². The molecule has 3 aromatic rings. The van der Waals surface area contributed by atoms with Crippen molar-refractivity contribution >= 4 is 5.91 Å². The molecule has 6 nitrogen and oxygen atoms in total. The zero-order chi connectivity index (χ0) is 16.6. The van der Waals surface area contributed by atoms with Gasteiger partial charge in [-0.1, -0.05) is 30.3 Å². The lowest BCUT2D eigenvalue weighted by atomic mass is 10.1. The summed E-state index contributed by atoms with van der Waals surface area (Å²) in [7, 11) is 0. The van der Waals surface area contributed by atoms with Crippen LogP contribution < -0.4 is 5.32 Å². The fourth-order valence-corrected chi connectivity index (χ4v) is 2.27. The summed E-state index contributed by atoms with van der Waals surface area (Å²) in [5.41, 5.74) is 2.02. The highest BCUT2D eigenvalue weighted by molar-refractivity contribution is 5.76. The molecule has 0 aliphatic rings. The van der Waals surface area contributed by atoms with Crippen molar-refractivity contribution in [2.24, 2.45) is 0 Å². The number of benzene rings is 1. The third-order valence-electron chi connectivity index (χ3n) is 3.54. The molecule has 0 radical (unpaired) electrons. The Morgan fingerprint density at radius 2 is 1.79 bits per heavy atom. The van der Waals surface area contributed by atoms with Crippen molar-refractivity contribution in [2.75, 3.05) is 6.54 Å². The van der Waals surface area contributed by atoms with Gasteiger partial charge < -0.3 is 9.73 Å². The Kier molecular flexibility index (Phi) is 5.29. The summed E-state index contributed by atoms with van der Waals surface area (Å²) in [5.74, 6) is 0.881. The van der Waals surface area contributed by atoms with E-state index in [1.165, 1.54) is 5.56 Å². The molecule has 2 aromatic heterocycles. The molecule has 1 aromatic carbocycles. The largest absolute Gasteiger partial charge is 0.421 e. The minimum absolute atomic E-state index is 0.0189. The maximum absolute atomic E-state index is 11.9. The normalized spacial score (nSPS) is 10.5. The van der Waals surface area contributed by atoms with Crippen LogP contribution in [-0.4, -0.2) is 27.6 Å². The Morgan fingerprint density at radius 3 is 2.58 bits per heavy atom. The molecule has 0 aliphatic carbocycles. The van der Waals surface area contributed by atoms with Crippen molar-refractivity contribution in [1.82, 2.24) is 20.5 Å². The predicted molar refractivity (Wildman–Crippen MR) is 89.0 cm³/mol. The first-order valence-corrected chi connectivity index (χ1v) is 7.84. The van der Waals surface area contributed by atoms with Crippen molar-refractivity contribution in [3.05, 3.63) is 66.3 Å². The van der Waals surface area contributed by atoms with E-state index in [0.717, 1.165) is 12.0 Å². The average molecular weight is 322 g/mol. The van der Waals surface area contributed by atoms with Crippen molar-refractivity contribution in [3.63, 3.8) is 0 Å². The number of carbonyl (C=O) groups excluding carboxylic acids is 1. The third kappa shape index (κ3) is 4.49. The fourth-order valence-electron chi connectivity index (χ4n) is 2.27. The van der Waals surface area contributed by atoms with Gasteiger partial charge in [0.2, 0.25) is 17.7 Å². The minimum atomic E-state index is -0.0189. The van der Waals surface area contributed by atoms with Crippen LogP contribution in [0.4, 0.5) is 0 Å². The Hall–Kier alpha value is -3.02. The summed E-state index contributed by atoms with van der Waals surface area (Å²) in [5, 5.41) is 10.9. The van der Waals surface area contributed by atoms with Crippen molar-refractivity contribution in [1.29, 1.82) is 0 Å². The Balaban J connectivity index is 1.42. The highest BCUT2D eigenvalue weighted by Crippen LogP contribution is 2.16. The van der Waals surface area contributed by atoms with E-state index in [1.54, 1.807) is 24.5 Å². The van der Waals surface area contributed by atoms with Crippen LogP contribution in [0.15, 0.2) is 59.3 Å². The number of hydrogen-bond acceptors (Lipinski definition) is 5. The van der Waals surface area contributed by atoms with Crippen molar-refractivity contribution < 1.29 is 9.21 Å². The number of aryl methyl sites for hydroxylation is 1. The molecule has 0 saturated carbocycles. The molecule has 0 bridgehead atoms. The van der Waals surface area contributed by atoms with Gasteiger partial charge in [-0.15, -0.1) is 10.2 Å². The van der Waals surface area contributed by atoms with Crippen LogP contribution >= 0.6 is 0 Å². The highest BCUT2D eigenvalue weighted by Gasteiger charge is 2.10. The van der Waals surface area contributed by atoms with Gasteiger partial charge in [0.15, 0.2) is 0 Å². The number of aromatic nitrogens is 3. The quantitative estimate of drug-likeness (QED) is 0.722. The van der Waals surface area contributed by atoms with Crippen LogP contribution in [0.1, 0.15) is 17.9 Å². The molecule has 122 valence electrons. The van der Waals surface area contributed by atoms with Gasteiger partial charge in [0, 0.05) is 37.3 Å². The molecule has 2 heterocycles. The summed E-state index contributed by atoms with van der Waals surface area (Å²) in [4.78, 5) is 15.8. The van der Waals surface area contributed by atoms with Gasteiger partial charge in [-0.3, -0.25) is 9.78 Å². The fraction of sp³-hybridized carbons (Fsp3) is 0.222. The number of amides is 1. The minimum Gasteiger partial charge on any atom is -0.421 e. The lowest BCUT2D eigenvalue weighted by Gasteiger charge is -2.04. The van der Waals surface area contributed by atoms with E-state index in [9.17, 15) is 4.79 Å². The summed E-state index contributed by atoms with van der Waals surface area (Å²) >= 11 is 0. The van der Waals surface area contributed by atoms with E-state index < -0.39 is 0 Å². The van der Waals surface area contributed by atoms with Gasteiger partial charge in [0.1, 0.15) is 0 Å². The third-order valence-corrected chi connectivity index (χ3v) is 3.54. The van der Waals surface area contributed by atoms with Gasteiger partial charge in [-0.2, -0.15) is 0 Å². The Morgan fingerprint density at radius 1 is 1.00 bits per heavy atom. The zero-order valence-electron chi connectivity index (χ0n) is 13.2. The number of rotatable bonds is 7. The van der Waals surface area contributed by atoms with Crippen molar-refractivity contribution in [3.8, 4) is 11.5 Å². The number of nitrogens with one attached hydrogen (secondary N) is 1. The van der Waals surface area contributed by atoms with Crippen LogP contribution in [0, 0.1) is 0 Å². The van der Waals surface area contributed by atoms with Gasteiger partial charge in [-0.25, -0.2) is 0 Å². The van der Waals surface area contributed by atoms with E-state index >= 15 is 0 Å². The zero-order valence-corrected chi connectivity index (χ0v) is 13.2. The molecular weight excluding hydrogens is 304 g/mol. The van der Waals surface area contributed by atoms with E-state index in [4.69, 9.17) is 4.42 Å². The van der Waals surface area contributed by atoms with E-state index in [-0.39, 0.29) is 5.91 Å². The SMILES string of the molecule is O=C(CCc1nnc(-c2ccncc2)o1)NCCc1ccccc1. The second-order valence-electron chi connectivity index (χ2n) is 5.32. The molecule has 0 fully saturated rings. The molecule has 6 heteroatoms. The predicted octanol–water partition coefficient (Wildman–Crippen LogP) is 2.42. The molecule has 0 spiro atoms. The number of nitrogens with zero attached hydrogens (tertiary/aromatic N) is 3. The van der Waals surface area contributed by atoms with Crippen LogP contribution in [0.3, 0.4) is 0 Å². The molecule has 0 atom stereocenters. The molecule has 3 rings (SSSR count). The standard InChI is InChI=1S/C18H18N4O2/c23-16(20-13-8-14-4-2-1-3-5-14)6-7-17-21-22-18(24-17)15-9-11-19-12-10-15/h1-5,9-12H,6-8,13H2,(H,20,23). The summed E-state index contributed by atoms with van der Waals surface area (Å²) in [6.45, 7) is 0.620. The first-order valence-electron chi connectivity index (χ1n) is 7.84. The lowest BCUT2D eigenvalue weighted by Crippen LogP contribution is -2.25. The molecule has 0 saturated heterocycles. The number of hydrogen-bond donors (Lipinski definition) is 1. The molecule has 1 N–H and O–H groups in total. The summed E-state index contributed by atoms with van der Waals surface area (Å²) in [6.07, 6.45) is 4.90. The second-order valence-corrected chi connectivity index (χ2v) is 5.32. The van der Waals surface area contributed by atoms with Crippen LogP contribution in [-0.2, 0) is 17.6 Å². The maximum Gasteiger partial charge on any atom is 0.247 e. The maximum atomic E-state index is 11.9. The van der Waals surface area contributed by atoms with Crippen LogP contribution in [0.5, 0.6) is 0 Å². The smallest absolute Gasteiger partial charge is 0.247 e.